The third-order valence-electron chi connectivity index (χ3n) is 14.1. The highest BCUT2D eigenvalue weighted by atomic mass is 16.6. The van der Waals surface area contributed by atoms with Crippen molar-refractivity contribution in [2.45, 2.75) is 0 Å². The largest absolute Gasteiger partial charge is 0.454 e. The third kappa shape index (κ3) is 5.23. The number of nitrogens with zero attached hydrogens (tertiary/aromatic N) is 6. The molecule has 0 aliphatic carbocycles. The third-order valence-corrected chi connectivity index (χ3v) is 14.1. The molecule has 0 fully saturated rings. The van der Waals surface area contributed by atoms with Crippen molar-refractivity contribution >= 4 is 110 Å². The maximum Gasteiger partial charge on any atom is 0.269 e. The Labute approximate surface area is 392 Å². The Morgan fingerprint density at radius 2 is 1.16 bits per heavy atom. The van der Waals surface area contributed by atoms with Gasteiger partial charge in [-0.15, -0.1) is 0 Å². The molecule has 15 rings (SSSR count). The van der Waals surface area contributed by atoms with Crippen LogP contribution in [0.4, 0.5) is 22.7 Å². The van der Waals surface area contributed by atoms with Gasteiger partial charge in [0.1, 0.15) is 5.58 Å². The van der Waals surface area contributed by atoms with Crippen molar-refractivity contribution in [1.82, 2.24) is 19.1 Å². The van der Waals surface area contributed by atoms with Gasteiger partial charge in [0, 0.05) is 61.1 Å². The van der Waals surface area contributed by atoms with Gasteiger partial charge in [0.05, 0.1) is 55.3 Å². The number of para-hydroxylation sites is 6. The Morgan fingerprint density at radius 3 is 2.00 bits per heavy atom. The number of benzene rings is 10. The fourth-order valence-electron chi connectivity index (χ4n) is 11.2. The minimum absolute atomic E-state index is 0.0228. The maximum absolute atomic E-state index is 11.7. The van der Waals surface area contributed by atoms with Crippen LogP contribution in [0.25, 0.3) is 121 Å². The number of nitro benzene ring substituents is 1. The number of non-ortho nitro benzene ring substituents is 1. The van der Waals surface area contributed by atoms with Crippen molar-refractivity contribution in [2.24, 2.45) is 0 Å². The molecule has 0 radical (unpaired) electrons. The van der Waals surface area contributed by atoms with Crippen molar-refractivity contribution in [3.05, 3.63) is 216 Å². The zero-order valence-electron chi connectivity index (χ0n) is 36.5. The molecular weight excluding hydrogens is 853 g/mol. The minimum atomic E-state index is -0.380. The molecule has 9 nitrogen and oxygen atoms in total. The van der Waals surface area contributed by atoms with E-state index in [9.17, 15) is 10.1 Å². The summed E-state index contributed by atoms with van der Waals surface area (Å²) in [6.45, 7) is 0. The molecule has 10 aromatic carbocycles. The zero-order chi connectivity index (χ0) is 45.5. The summed E-state index contributed by atoms with van der Waals surface area (Å²) in [5.41, 5.74) is 14.4. The standard InChI is InChI=1S/C60H34N6O3/c67-66(68)39-29-26-35(27-30-39)56-44-20-6-9-21-47(44)61-60(62-56)64-48-22-10-7-18-41(48)42-31-28-37(32-51(42)64)45-34-46-43-19-8-13-25-53(43)69-59(46)58-55(45)54-40-17-5-4-14-36(40)33-52-57(54)65(58)50-24-12-11-23-49(50)63(52)38-15-2-1-3-16-38/h1-34H. The summed E-state index contributed by atoms with van der Waals surface area (Å²) in [6.07, 6.45) is 0. The van der Waals surface area contributed by atoms with Gasteiger partial charge in [-0.2, -0.15) is 0 Å². The lowest BCUT2D eigenvalue weighted by Gasteiger charge is -2.33. The van der Waals surface area contributed by atoms with Gasteiger partial charge in [-0.25, -0.2) is 9.97 Å². The van der Waals surface area contributed by atoms with E-state index in [0.29, 0.717) is 11.6 Å². The Hall–Kier alpha value is -9.60. The van der Waals surface area contributed by atoms with Crippen LogP contribution in [0.5, 0.6) is 0 Å². The molecule has 0 spiro atoms. The molecule has 69 heavy (non-hydrogen) atoms. The SMILES string of the molecule is O=[N+]([O-])c1ccc(-c2nc(-n3c4ccccc4c4ccc(-c5cc6c7ccccc7oc6c6c5c5c7ccccc7cc7c5n6-c5ccccc5N7c5ccccc5)cc43)nc3ccccc23)cc1. The van der Waals surface area contributed by atoms with Gasteiger partial charge < -0.3 is 13.9 Å². The Balaban J connectivity index is 1.08. The maximum atomic E-state index is 11.7. The van der Waals surface area contributed by atoms with Gasteiger partial charge >= 0.3 is 0 Å². The van der Waals surface area contributed by atoms with Crippen LogP contribution < -0.4 is 4.90 Å². The van der Waals surface area contributed by atoms with Crippen LogP contribution >= 0.6 is 0 Å². The van der Waals surface area contributed by atoms with Crippen LogP contribution in [0, 0.1) is 10.1 Å². The van der Waals surface area contributed by atoms with Gasteiger partial charge in [-0.1, -0.05) is 121 Å². The Bertz CT molecular complexity index is 4530. The van der Waals surface area contributed by atoms with Crippen LogP contribution in [0.2, 0.25) is 0 Å². The van der Waals surface area contributed by atoms with Gasteiger partial charge in [0.2, 0.25) is 5.95 Å². The van der Waals surface area contributed by atoms with Crippen LogP contribution in [0.15, 0.2) is 211 Å². The number of rotatable bonds is 5. The van der Waals surface area contributed by atoms with Crippen molar-refractivity contribution < 1.29 is 9.34 Å². The molecule has 1 aliphatic heterocycles. The smallest absolute Gasteiger partial charge is 0.269 e. The van der Waals surface area contributed by atoms with Gasteiger partial charge in [0.25, 0.3) is 5.69 Å². The van der Waals surface area contributed by atoms with E-state index >= 15 is 0 Å². The number of fused-ring (bicyclic) bond motifs is 15. The zero-order valence-corrected chi connectivity index (χ0v) is 36.5. The number of hydrogen-bond acceptors (Lipinski definition) is 6. The number of furan rings is 1. The monoisotopic (exact) mass is 886 g/mol. The lowest BCUT2D eigenvalue weighted by atomic mass is 9.93. The number of nitro groups is 1. The molecule has 0 atom stereocenters. The molecule has 9 heteroatoms. The lowest BCUT2D eigenvalue weighted by molar-refractivity contribution is -0.384. The molecule has 0 bridgehead atoms. The molecule has 0 unspecified atom stereocenters. The van der Waals surface area contributed by atoms with Crippen molar-refractivity contribution in [3.8, 4) is 34.0 Å². The summed E-state index contributed by atoms with van der Waals surface area (Å²) in [4.78, 5) is 24.3. The van der Waals surface area contributed by atoms with Crippen LogP contribution in [-0.2, 0) is 0 Å². The molecule has 0 N–H and O–H groups in total. The van der Waals surface area contributed by atoms with E-state index < -0.39 is 0 Å². The first kappa shape index (κ1) is 37.6. The van der Waals surface area contributed by atoms with Crippen molar-refractivity contribution in [3.63, 3.8) is 0 Å². The van der Waals surface area contributed by atoms with E-state index in [-0.39, 0.29) is 10.6 Å². The molecule has 5 heterocycles. The molecule has 14 aromatic rings. The number of hydrogen-bond donors (Lipinski definition) is 0. The van der Waals surface area contributed by atoms with E-state index in [4.69, 9.17) is 14.4 Å². The summed E-state index contributed by atoms with van der Waals surface area (Å²) in [6, 6.07) is 70.8. The lowest BCUT2D eigenvalue weighted by Crippen LogP contribution is -2.18. The summed E-state index contributed by atoms with van der Waals surface area (Å²) in [5.74, 6) is 0.502. The second-order valence-corrected chi connectivity index (χ2v) is 17.7. The van der Waals surface area contributed by atoms with Crippen LogP contribution in [0.1, 0.15) is 0 Å². The molecule has 1 aliphatic rings. The quantitative estimate of drug-likeness (QED) is 0.126. The molecule has 0 amide bonds. The predicted molar refractivity (Wildman–Crippen MR) is 279 cm³/mol. The highest BCUT2D eigenvalue weighted by Crippen LogP contribution is 2.55. The van der Waals surface area contributed by atoms with E-state index in [2.05, 4.69) is 160 Å². The van der Waals surface area contributed by atoms with Crippen LogP contribution in [0.3, 0.4) is 0 Å². The molecule has 0 saturated heterocycles. The molecule has 4 aromatic heterocycles. The van der Waals surface area contributed by atoms with Gasteiger partial charge in [0.15, 0.2) is 5.58 Å². The van der Waals surface area contributed by atoms with Crippen LogP contribution in [-0.4, -0.2) is 24.0 Å². The Kier molecular flexibility index (Phi) is 7.61. The van der Waals surface area contributed by atoms with Gasteiger partial charge in [-0.3, -0.25) is 14.7 Å². The topological polar surface area (TPSA) is 95.2 Å². The average molecular weight is 887 g/mol. The summed E-state index contributed by atoms with van der Waals surface area (Å²) in [7, 11) is 0. The number of anilines is 3. The first-order valence-electron chi connectivity index (χ1n) is 22.9. The predicted octanol–water partition coefficient (Wildman–Crippen LogP) is 15.9. The van der Waals surface area contributed by atoms with Gasteiger partial charge in [-0.05, 0) is 94.7 Å². The van der Waals surface area contributed by atoms with E-state index in [1.165, 1.54) is 12.1 Å². The first-order valence-corrected chi connectivity index (χ1v) is 22.9. The second-order valence-electron chi connectivity index (χ2n) is 17.7. The minimum Gasteiger partial charge on any atom is -0.454 e. The van der Waals surface area contributed by atoms with Crippen molar-refractivity contribution in [1.29, 1.82) is 0 Å². The van der Waals surface area contributed by atoms with E-state index in [1.807, 2.05) is 36.4 Å². The van der Waals surface area contributed by atoms with Crippen molar-refractivity contribution in [2.75, 3.05) is 4.90 Å². The Morgan fingerprint density at radius 1 is 0.478 bits per heavy atom. The summed E-state index contributed by atoms with van der Waals surface area (Å²) < 4.78 is 11.6. The second kappa shape index (κ2) is 14.0. The first-order chi connectivity index (χ1) is 34.1. The van der Waals surface area contributed by atoms with E-state index in [1.54, 1.807) is 12.1 Å². The molecular formula is C60H34N6O3. The highest BCUT2D eigenvalue weighted by Gasteiger charge is 2.33. The molecule has 0 saturated carbocycles. The fourth-order valence-corrected chi connectivity index (χ4v) is 11.2. The fraction of sp³-hybridized carbons (Fsp3) is 0. The average Bonchev–Trinajstić information content (AvgIpc) is 4.07. The highest BCUT2D eigenvalue weighted by molar-refractivity contribution is 6.34. The molecule has 322 valence electrons. The number of aromatic nitrogens is 4. The van der Waals surface area contributed by atoms with E-state index in [0.717, 1.165) is 127 Å². The summed E-state index contributed by atoms with van der Waals surface area (Å²) in [5, 5.41) is 21.3. The normalized spacial score (nSPS) is 12.4. The summed E-state index contributed by atoms with van der Waals surface area (Å²) >= 11 is 0.